The highest BCUT2D eigenvalue weighted by molar-refractivity contribution is 8.02. The number of anilines is 2. The van der Waals surface area contributed by atoms with Crippen LogP contribution in [0.5, 0.6) is 0 Å². The van der Waals surface area contributed by atoms with Gasteiger partial charge in [0.2, 0.25) is 11.0 Å². The van der Waals surface area contributed by atoms with Crippen LogP contribution in [0, 0.1) is 0 Å². The van der Waals surface area contributed by atoms with E-state index in [-0.39, 0.29) is 11.2 Å². The summed E-state index contributed by atoms with van der Waals surface area (Å²) in [7, 11) is 0. The molecule has 0 saturated carbocycles. The summed E-state index contributed by atoms with van der Waals surface area (Å²) in [4.78, 5) is 11.9. The summed E-state index contributed by atoms with van der Waals surface area (Å²) in [5, 5.41) is 15.1. The van der Waals surface area contributed by atoms with Crippen LogP contribution in [0.3, 0.4) is 0 Å². The molecular weight excluding hydrogens is 304 g/mol. The van der Waals surface area contributed by atoms with Crippen LogP contribution in [0.15, 0.2) is 34.7 Å². The zero-order valence-electron chi connectivity index (χ0n) is 11.4. The Hall–Kier alpha value is -1.60. The Morgan fingerprint density at radius 2 is 2.10 bits per heavy atom. The first-order chi connectivity index (χ1) is 10.3. The van der Waals surface area contributed by atoms with Crippen LogP contribution in [-0.4, -0.2) is 27.9 Å². The lowest BCUT2D eigenvalue weighted by molar-refractivity contribution is -0.120. The molecule has 0 radical (unpaired) electrons. The number of amides is 1. The van der Waals surface area contributed by atoms with Crippen molar-refractivity contribution in [2.24, 2.45) is 0 Å². The first-order valence-corrected chi connectivity index (χ1v) is 8.61. The number of rotatable bonds is 4. The summed E-state index contributed by atoms with van der Waals surface area (Å²) >= 11 is 2.99. The van der Waals surface area contributed by atoms with Gasteiger partial charge < -0.3 is 10.6 Å². The molecule has 1 saturated heterocycles. The average molecular weight is 320 g/mol. The van der Waals surface area contributed by atoms with Crippen LogP contribution in [-0.2, 0) is 4.79 Å². The van der Waals surface area contributed by atoms with Crippen molar-refractivity contribution in [1.29, 1.82) is 0 Å². The molecule has 1 amide bonds. The molecule has 1 aliphatic heterocycles. The Balaban J connectivity index is 1.63. The number of aromatic nitrogens is 2. The number of nitrogens with zero attached hydrogens (tertiary/aromatic N) is 2. The molecule has 7 heteroatoms. The third kappa shape index (κ3) is 3.95. The van der Waals surface area contributed by atoms with Gasteiger partial charge in [-0.25, -0.2) is 0 Å². The lowest BCUT2D eigenvalue weighted by atomic mass is 10.2. The van der Waals surface area contributed by atoms with Gasteiger partial charge >= 0.3 is 0 Å². The van der Waals surface area contributed by atoms with Gasteiger partial charge in [-0.2, -0.15) is 0 Å². The highest BCUT2D eigenvalue weighted by Crippen LogP contribution is 2.32. The highest BCUT2D eigenvalue weighted by atomic mass is 32.2. The van der Waals surface area contributed by atoms with Crippen LogP contribution in [0.2, 0.25) is 0 Å². The summed E-state index contributed by atoms with van der Waals surface area (Å²) < 4.78 is 0.829. The van der Waals surface area contributed by atoms with Crippen molar-refractivity contribution in [2.45, 2.75) is 28.9 Å². The molecule has 0 bridgehead atoms. The third-order valence-electron chi connectivity index (χ3n) is 3.16. The predicted octanol–water partition coefficient (Wildman–Crippen LogP) is 3.04. The van der Waals surface area contributed by atoms with E-state index in [9.17, 15) is 4.79 Å². The molecule has 2 N–H and O–H groups in total. The molecule has 110 valence electrons. The standard InChI is InChI=1S/C14H16N4OS2/c19-12-11(8-4-5-9-15-12)20-14-18-17-13(21-14)16-10-6-2-1-3-7-10/h1-3,6-7,11H,4-5,8-9H2,(H,15,19)(H,16,17). The zero-order valence-corrected chi connectivity index (χ0v) is 13.0. The second-order valence-corrected chi connectivity index (χ2v) is 7.18. The van der Waals surface area contributed by atoms with Crippen LogP contribution in [0.4, 0.5) is 10.8 Å². The minimum Gasteiger partial charge on any atom is -0.355 e. The monoisotopic (exact) mass is 320 g/mol. The largest absolute Gasteiger partial charge is 0.355 e. The number of carbonyl (C=O) groups is 1. The molecule has 1 unspecified atom stereocenters. The minimum absolute atomic E-state index is 0.0509. The second-order valence-electron chi connectivity index (χ2n) is 4.76. The van der Waals surface area contributed by atoms with Gasteiger partial charge in [-0.1, -0.05) is 47.7 Å². The molecule has 0 spiro atoms. The normalized spacial score (nSPS) is 18.9. The summed E-state index contributed by atoms with van der Waals surface area (Å²) in [6, 6.07) is 9.86. The lowest BCUT2D eigenvalue weighted by Crippen LogP contribution is -2.30. The van der Waals surface area contributed by atoms with Gasteiger partial charge in [-0.3, -0.25) is 4.79 Å². The van der Waals surface area contributed by atoms with E-state index in [1.54, 1.807) is 0 Å². The molecular formula is C14H16N4OS2. The summed E-state index contributed by atoms with van der Waals surface area (Å²) in [5.74, 6) is 0.116. The number of para-hydroxylation sites is 1. The fourth-order valence-corrected chi connectivity index (χ4v) is 4.18. The SMILES string of the molecule is O=C1NCCCCC1Sc1nnc(Nc2ccccc2)s1. The van der Waals surface area contributed by atoms with Gasteiger partial charge in [0.25, 0.3) is 0 Å². The van der Waals surface area contributed by atoms with Crippen LogP contribution in [0.1, 0.15) is 19.3 Å². The van der Waals surface area contributed by atoms with Crippen molar-refractivity contribution in [3.63, 3.8) is 0 Å². The van der Waals surface area contributed by atoms with E-state index in [2.05, 4.69) is 20.8 Å². The Bertz CT molecular complexity index is 602. The number of carbonyl (C=O) groups excluding carboxylic acids is 1. The summed E-state index contributed by atoms with van der Waals surface area (Å²) in [6.45, 7) is 0.785. The van der Waals surface area contributed by atoms with Crippen molar-refractivity contribution in [2.75, 3.05) is 11.9 Å². The van der Waals surface area contributed by atoms with E-state index < -0.39 is 0 Å². The Morgan fingerprint density at radius 3 is 2.95 bits per heavy atom. The molecule has 5 nitrogen and oxygen atoms in total. The smallest absolute Gasteiger partial charge is 0.233 e. The topological polar surface area (TPSA) is 66.9 Å². The van der Waals surface area contributed by atoms with E-state index in [0.717, 1.165) is 41.0 Å². The van der Waals surface area contributed by atoms with E-state index in [1.165, 1.54) is 23.1 Å². The maximum atomic E-state index is 11.9. The first kappa shape index (κ1) is 14.3. The molecule has 1 fully saturated rings. The maximum absolute atomic E-state index is 11.9. The zero-order chi connectivity index (χ0) is 14.5. The predicted molar refractivity (Wildman–Crippen MR) is 86.1 cm³/mol. The van der Waals surface area contributed by atoms with Crippen molar-refractivity contribution < 1.29 is 4.79 Å². The Morgan fingerprint density at radius 1 is 1.24 bits per heavy atom. The van der Waals surface area contributed by atoms with E-state index in [0.29, 0.717) is 0 Å². The van der Waals surface area contributed by atoms with Gasteiger partial charge in [-0.15, -0.1) is 10.2 Å². The van der Waals surface area contributed by atoms with Crippen LogP contribution >= 0.6 is 23.1 Å². The first-order valence-electron chi connectivity index (χ1n) is 6.91. The van der Waals surface area contributed by atoms with E-state index in [4.69, 9.17) is 0 Å². The number of thioether (sulfide) groups is 1. The van der Waals surface area contributed by atoms with E-state index in [1.807, 2.05) is 30.3 Å². The van der Waals surface area contributed by atoms with Gasteiger partial charge in [-0.05, 0) is 25.0 Å². The molecule has 3 rings (SSSR count). The van der Waals surface area contributed by atoms with Crippen molar-refractivity contribution in [3.05, 3.63) is 30.3 Å². The lowest BCUT2D eigenvalue weighted by Gasteiger charge is -2.09. The van der Waals surface area contributed by atoms with E-state index >= 15 is 0 Å². The fraction of sp³-hybridized carbons (Fsp3) is 0.357. The number of nitrogens with one attached hydrogen (secondary N) is 2. The van der Waals surface area contributed by atoms with Gasteiger partial charge in [0, 0.05) is 12.2 Å². The molecule has 1 aliphatic rings. The number of benzene rings is 1. The Kier molecular flexibility index (Phi) is 4.72. The third-order valence-corrected chi connectivity index (χ3v) is 5.35. The van der Waals surface area contributed by atoms with Crippen molar-refractivity contribution >= 4 is 39.8 Å². The number of hydrogen-bond donors (Lipinski definition) is 2. The van der Waals surface area contributed by atoms with Gasteiger partial charge in [0.15, 0.2) is 4.34 Å². The average Bonchev–Trinajstić information content (AvgIpc) is 2.83. The summed E-state index contributed by atoms with van der Waals surface area (Å²) in [5.41, 5.74) is 0.984. The van der Waals surface area contributed by atoms with Crippen LogP contribution < -0.4 is 10.6 Å². The molecule has 1 atom stereocenters. The molecule has 21 heavy (non-hydrogen) atoms. The number of hydrogen-bond acceptors (Lipinski definition) is 6. The second kappa shape index (κ2) is 6.91. The van der Waals surface area contributed by atoms with Gasteiger partial charge in [0.1, 0.15) is 0 Å². The maximum Gasteiger partial charge on any atom is 0.233 e. The summed E-state index contributed by atoms with van der Waals surface area (Å²) in [6.07, 6.45) is 3.03. The quantitative estimate of drug-likeness (QED) is 0.906. The molecule has 2 heterocycles. The Labute approximate surface area is 131 Å². The fourth-order valence-electron chi connectivity index (χ4n) is 2.10. The molecule has 1 aromatic heterocycles. The van der Waals surface area contributed by atoms with Gasteiger partial charge in [0.05, 0.1) is 5.25 Å². The molecule has 1 aromatic carbocycles. The molecule has 2 aromatic rings. The van der Waals surface area contributed by atoms with Crippen LogP contribution in [0.25, 0.3) is 0 Å². The molecule has 0 aliphatic carbocycles. The highest BCUT2D eigenvalue weighted by Gasteiger charge is 2.23. The van der Waals surface area contributed by atoms with Crippen molar-refractivity contribution in [3.8, 4) is 0 Å². The van der Waals surface area contributed by atoms with Crippen molar-refractivity contribution in [1.82, 2.24) is 15.5 Å². The minimum atomic E-state index is -0.0509.